The van der Waals surface area contributed by atoms with E-state index in [-0.39, 0.29) is 6.61 Å². The van der Waals surface area contributed by atoms with E-state index in [0.29, 0.717) is 13.3 Å². The molecule has 0 saturated heterocycles. The highest BCUT2D eigenvalue weighted by Crippen LogP contribution is 2.15. The number of aliphatic hydroxyl groups is 1. The van der Waals surface area contributed by atoms with Gasteiger partial charge in [-0.05, 0) is 41.8 Å². The van der Waals surface area contributed by atoms with Crippen LogP contribution < -0.4 is 10.6 Å². The summed E-state index contributed by atoms with van der Waals surface area (Å²) in [4.78, 5) is 0. The molecule has 0 aliphatic carbocycles. The molecule has 0 bridgehead atoms. The molecule has 112 valence electrons. The molecular formula is C17H22N2O2. The summed E-state index contributed by atoms with van der Waals surface area (Å²) in [5.74, 6) is 0. The SMILES string of the molecule is CNc1ccc(Cc2ccc(NCOCCO)cc2)cc1. The fourth-order valence-corrected chi connectivity index (χ4v) is 2.04. The average Bonchev–Trinajstić information content (AvgIpc) is 2.54. The highest BCUT2D eigenvalue weighted by Gasteiger charge is 1.98. The van der Waals surface area contributed by atoms with E-state index in [1.54, 1.807) is 0 Å². The predicted molar refractivity (Wildman–Crippen MR) is 86.8 cm³/mol. The lowest BCUT2D eigenvalue weighted by atomic mass is 10.0. The molecule has 4 nitrogen and oxygen atoms in total. The third-order valence-corrected chi connectivity index (χ3v) is 3.22. The summed E-state index contributed by atoms with van der Waals surface area (Å²) in [6, 6.07) is 16.8. The van der Waals surface area contributed by atoms with Crippen molar-refractivity contribution in [1.82, 2.24) is 0 Å². The number of hydrogen-bond donors (Lipinski definition) is 3. The second-order valence-electron chi connectivity index (χ2n) is 4.77. The Balaban J connectivity index is 1.86. The summed E-state index contributed by atoms with van der Waals surface area (Å²) in [6.07, 6.45) is 0.922. The highest BCUT2D eigenvalue weighted by atomic mass is 16.5. The van der Waals surface area contributed by atoms with Gasteiger partial charge in [0, 0.05) is 18.4 Å². The molecule has 2 rings (SSSR count). The molecule has 4 heteroatoms. The van der Waals surface area contributed by atoms with Crippen LogP contribution in [0.1, 0.15) is 11.1 Å². The fourth-order valence-electron chi connectivity index (χ4n) is 2.04. The lowest BCUT2D eigenvalue weighted by Gasteiger charge is -2.08. The summed E-state index contributed by atoms with van der Waals surface area (Å²) in [5, 5.41) is 14.9. The monoisotopic (exact) mass is 286 g/mol. The number of rotatable bonds is 8. The Morgan fingerprint density at radius 2 is 1.48 bits per heavy atom. The molecule has 2 aromatic rings. The van der Waals surface area contributed by atoms with Gasteiger partial charge in [-0.15, -0.1) is 0 Å². The summed E-state index contributed by atoms with van der Waals surface area (Å²) in [5.41, 5.74) is 4.71. The van der Waals surface area contributed by atoms with Gasteiger partial charge in [0.2, 0.25) is 0 Å². The van der Waals surface area contributed by atoms with Crippen LogP contribution in [0.15, 0.2) is 48.5 Å². The number of benzene rings is 2. The Morgan fingerprint density at radius 3 is 2.00 bits per heavy atom. The van der Waals surface area contributed by atoms with Gasteiger partial charge in [-0.2, -0.15) is 0 Å². The lowest BCUT2D eigenvalue weighted by Crippen LogP contribution is -2.08. The second-order valence-corrected chi connectivity index (χ2v) is 4.77. The Labute approximate surface area is 125 Å². The van der Waals surface area contributed by atoms with Crippen molar-refractivity contribution in [1.29, 1.82) is 0 Å². The second kappa shape index (κ2) is 8.29. The van der Waals surface area contributed by atoms with Crippen molar-refractivity contribution in [2.24, 2.45) is 0 Å². The van der Waals surface area contributed by atoms with Crippen LogP contribution in [-0.4, -0.2) is 32.1 Å². The number of nitrogens with one attached hydrogen (secondary N) is 2. The Morgan fingerprint density at radius 1 is 0.905 bits per heavy atom. The molecule has 0 radical (unpaired) electrons. The normalized spacial score (nSPS) is 10.4. The van der Waals surface area contributed by atoms with E-state index >= 15 is 0 Å². The molecule has 0 fully saturated rings. The third-order valence-electron chi connectivity index (χ3n) is 3.22. The van der Waals surface area contributed by atoms with Crippen LogP contribution in [0.5, 0.6) is 0 Å². The zero-order valence-corrected chi connectivity index (χ0v) is 12.3. The van der Waals surface area contributed by atoms with E-state index in [2.05, 4.69) is 47.0 Å². The largest absolute Gasteiger partial charge is 0.394 e. The van der Waals surface area contributed by atoms with Crippen LogP contribution in [0.3, 0.4) is 0 Å². The van der Waals surface area contributed by atoms with E-state index < -0.39 is 0 Å². The van der Waals surface area contributed by atoms with Crippen LogP contribution in [-0.2, 0) is 11.2 Å². The average molecular weight is 286 g/mol. The molecule has 0 spiro atoms. The lowest BCUT2D eigenvalue weighted by molar-refractivity contribution is 0.105. The molecular weight excluding hydrogens is 264 g/mol. The first-order valence-electron chi connectivity index (χ1n) is 7.10. The summed E-state index contributed by atoms with van der Waals surface area (Å²) in [6.45, 7) is 0.812. The van der Waals surface area contributed by atoms with Crippen LogP contribution in [0.25, 0.3) is 0 Å². The zero-order chi connectivity index (χ0) is 14.9. The quantitative estimate of drug-likeness (QED) is 0.516. The maximum atomic E-state index is 8.62. The van der Waals surface area contributed by atoms with Gasteiger partial charge in [0.05, 0.1) is 13.2 Å². The zero-order valence-electron chi connectivity index (χ0n) is 12.3. The fraction of sp³-hybridized carbons (Fsp3) is 0.294. The first-order valence-corrected chi connectivity index (χ1v) is 7.10. The highest BCUT2D eigenvalue weighted by molar-refractivity contribution is 5.47. The summed E-state index contributed by atoms with van der Waals surface area (Å²) < 4.78 is 5.17. The van der Waals surface area contributed by atoms with Crippen molar-refractivity contribution in [2.75, 3.05) is 37.6 Å². The van der Waals surface area contributed by atoms with Gasteiger partial charge in [-0.1, -0.05) is 24.3 Å². The molecule has 21 heavy (non-hydrogen) atoms. The van der Waals surface area contributed by atoms with Crippen LogP contribution >= 0.6 is 0 Å². The molecule has 0 unspecified atom stereocenters. The van der Waals surface area contributed by atoms with Gasteiger partial charge in [0.15, 0.2) is 0 Å². The minimum atomic E-state index is 0.0486. The smallest absolute Gasteiger partial charge is 0.116 e. The van der Waals surface area contributed by atoms with Gasteiger partial charge >= 0.3 is 0 Å². The van der Waals surface area contributed by atoms with Crippen molar-refractivity contribution in [3.05, 3.63) is 59.7 Å². The Kier molecular flexibility index (Phi) is 6.06. The summed E-state index contributed by atoms with van der Waals surface area (Å²) >= 11 is 0. The van der Waals surface area contributed by atoms with Crippen LogP contribution in [0, 0.1) is 0 Å². The topological polar surface area (TPSA) is 53.5 Å². The molecule has 0 amide bonds. The minimum Gasteiger partial charge on any atom is -0.394 e. The first-order chi connectivity index (χ1) is 10.3. The van der Waals surface area contributed by atoms with Crippen LogP contribution in [0.2, 0.25) is 0 Å². The van der Waals surface area contributed by atoms with E-state index in [4.69, 9.17) is 9.84 Å². The van der Waals surface area contributed by atoms with E-state index in [1.807, 2.05) is 19.2 Å². The van der Waals surface area contributed by atoms with Crippen molar-refractivity contribution in [3.63, 3.8) is 0 Å². The van der Waals surface area contributed by atoms with Gasteiger partial charge in [0.1, 0.15) is 6.73 Å². The Bertz CT molecular complexity index is 523. The first kappa shape index (κ1) is 15.4. The molecule has 0 aliphatic heterocycles. The minimum absolute atomic E-state index is 0.0486. The van der Waals surface area contributed by atoms with Crippen molar-refractivity contribution < 1.29 is 9.84 Å². The molecule has 0 atom stereocenters. The van der Waals surface area contributed by atoms with Crippen molar-refractivity contribution >= 4 is 11.4 Å². The van der Waals surface area contributed by atoms with Crippen LogP contribution in [0.4, 0.5) is 11.4 Å². The Hall–Kier alpha value is -2.04. The number of anilines is 2. The van der Waals surface area contributed by atoms with Crippen molar-refractivity contribution in [3.8, 4) is 0 Å². The van der Waals surface area contributed by atoms with Gasteiger partial charge < -0.3 is 20.5 Å². The maximum Gasteiger partial charge on any atom is 0.116 e. The molecule has 0 saturated carbocycles. The van der Waals surface area contributed by atoms with E-state index in [1.165, 1.54) is 11.1 Å². The van der Waals surface area contributed by atoms with Crippen molar-refractivity contribution in [2.45, 2.75) is 6.42 Å². The number of hydrogen-bond acceptors (Lipinski definition) is 4. The van der Waals surface area contributed by atoms with Gasteiger partial charge in [-0.25, -0.2) is 0 Å². The molecule has 0 aromatic heterocycles. The number of ether oxygens (including phenoxy) is 1. The summed E-state index contributed by atoms with van der Waals surface area (Å²) in [7, 11) is 1.92. The van der Waals surface area contributed by atoms with E-state index in [9.17, 15) is 0 Å². The number of aliphatic hydroxyl groups excluding tert-OH is 1. The maximum absolute atomic E-state index is 8.62. The van der Waals surface area contributed by atoms with Gasteiger partial charge in [0.25, 0.3) is 0 Å². The van der Waals surface area contributed by atoms with E-state index in [0.717, 1.165) is 17.8 Å². The molecule has 2 aromatic carbocycles. The van der Waals surface area contributed by atoms with Gasteiger partial charge in [-0.3, -0.25) is 0 Å². The third kappa shape index (κ3) is 5.10. The molecule has 3 N–H and O–H groups in total. The standard InChI is InChI=1S/C17H22N2O2/c1-18-16-6-2-14(3-7-16)12-15-4-8-17(9-5-15)19-13-21-11-10-20/h2-9,18-20H,10-13H2,1H3. The molecule has 0 heterocycles. The molecule has 0 aliphatic rings. The predicted octanol–water partition coefficient (Wildman–Crippen LogP) is 2.70.